The van der Waals surface area contributed by atoms with Crippen LogP contribution < -0.4 is 10.5 Å². The SMILES string of the molecule is C#CCCOc1ccc2ccccc2c1CC(C)N. The second-order valence-electron chi connectivity index (χ2n) is 4.75. The summed E-state index contributed by atoms with van der Waals surface area (Å²) in [6.45, 7) is 2.55. The van der Waals surface area contributed by atoms with Crippen molar-refractivity contribution in [2.24, 2.45) is 5.73 Å². The summed E-state index contributed by atoms with van der Waals surface area (Å²) in [6.07, 6.45) is 6.67. The van der Waals surface area contributed by atoms with Crippen molar-refractivity contribution in [2.75, 3.05) is 6.61 Å². The summed E-state index contributed by atoms with van der Waals surface area (Å²) in [5, 5.41) is 2.42. The molecule has 0 amide bonds. The molecule has 0 saturated heterocycles. The summed E-state index contributed by atoms with van der Waals surface area (Å²) in [6, 6.07) is 12.5. The molecule has 0 saturated carbocycles. The summed E-state index contributed by atoms with van der Waals surface area (Å²) < 4.78 is 5.79. The van der Waals surface area contributed by atoms with Crippen LogP contribution in [0.1, 0.15) is 18.9 Å². The third-order valence-corrected chi connectivity index (χ3v) is 3.03. The monoisotopic (exact) mass is 253 g/mol. The van der Waals surface area contributed by atoms with Crippen molar-refractivity contribution in [1.82, 2.24) is 0 Å². The maximum atomic E-state index is 5.95. The first-order valence-electron chi connectivity index (χ1n) is 6.55. The first-order valence-corrected chi connectivity index (χ1v) is 6.55. The van der Waals surface area contributed by atoms with E-state index < -0.39 is 0 Å². The molecule has 0 spiro atoms. The second kappa shape index (κ2) is 6.26. The van der Waals surface area contributed by atoms with Crippen LogP contribution >= 0.6 is 0 Å². The lowest BCUT2D eigenvalue weighted by molar-refractivity contribution is 0.324. The first-order chi connectivity index (χ1) is 9.22. The molecule has 2 heteroatoms. The minimum atomic E-state index is 0.0980. The highest BCUT2D eigenvalue weighted by Gasteiger charge is 2.10. The molecule has 98 valence electrons. The van der Waals surface area contributed by atoms with Gasteiger partial charge in [0, 0.05) is 18.0 Å². The standard InChI is InChI=1S/C17H19NO/c1-3-4-11-19-17-10-9-14-7-5-6-8-15(14)16(17)12-13(2)18/h1,5-10,13H,4,11-12,18H2,2H3. The van der Waals surface area contributed by atoms with Crippen molar-refractivity contribution in [3.63, 3.8) is 0 Å². The van der Waals surface area contributed by atoms with Crippen LogP contribution in [0.15, 0.2) is 36.4 Å². The van der Waals surface area contributed by atoms with Gasteiger partial charge in [0.25, 0.3) is 0 Å². The van der Waals surface area contributed by atoms with E-state index in [0.29, 0.717) is 13.0 Å². The van der Waals surface area contributed by atoms with Gasteiger partial charge in [0.1, 0.15) is 5.75 Å². The Morgan fingerprint density at radius 3 is 2.79 bits per heavy atom. The number of nitrogens with two attached hydrogens (primary N) is 1. The number of fused-ring (bicyclic) bond motifs is 1. The normalized spacial score (nSPS) is 12.1. The van der Waals surface area contributed by atoms with Crippen molar-refractivity contribution in [1.29, 1.82) is 0 Å². The largest absolute Gasteiger partial charge is 0.492 e. The van der Waals surface area contributed by atoms with Gasteiger partial charge < -0.3 is 10.5 Å². The zero-order chi connectivity index (χ0) is 13.7. The molecule has 0 aliphatic rings. The van der Waals surface area contributed by atoms with Gasteiger partial charge in [0.15, 0.2) is 0 Å². The Bertz CT molecular complexity index is 596. The van der Waals surface area contributed by atoms with Crippen molar-refractivity contribution >= 4 is 10.8 Å². The van der Waals surface area contributed by atoms with Gasteiger partial charge in [-0.15, -0.1) is 12.3 Å². The van der Waals surface area contributed by atoms with Gasteiger partial charge in [-0.05, 0) is 30.2 Å². The fourth-order valence-electron chi connectivity index (χ4n) is 2.20. The Hall–Kier alpha value is -1.98. The van der Waals surface area contributed by atoms with Crippen LogP contribution in [-0.2, 0) is 6.42 Å². The van der Waals surface area contributed by atoms with Crippen LogP contribution in [-0.4, -0.2) is 12.6 Å². The molecule has 2 aromatic rings. The molecule has 2 aromatic carbocycles. The number of ether oxygens (including phenoxy) is 1. The average Bonchev–Trinajstić information content (AvgIpc) is 2.41. The predicted octanol–water partition coefficient (Wildman–Crippen LogP) is 3.13. The van der Waals surface area contributed by atoms with Gasteiger partial charge in [-0.1, -0.05) is 30.3 Å². The van der Waals surface area contributed by atoms with Crippen LogP contribution in [0, 0.1) is 12.3 Å². The molecule has 0 radical (unpaired) electrons. The average molecular weight is 253 g/mol. The topological polar surface area (TPSA) is 35.2 Å². The third kappa shape index (κ3) is 3.27. The minimum absolute atomic E-state index is 0.0980. The number of hydrogen-bond acceptors (Lipinski definition) is 2. The predicted molar refractivity (Wildman–Crippen MR) is 80.2 cm³/mol. The molecular formula is C17H19NO. The molecule has 0 aromatic heterocycles. The van der Waals surface area contributed by atoms with E-state index in [1.54, 1.807) is 0 Å². The Kier molecular flexibility index (Phi) is 4.43. The second-order valence-corrected chi connectivity index (χ2v) is 4.75. The number of rotatable bonds is 5. The summed E-state index contributed by atoms with van der Waals surface area (Å²) >= 11 is 0. The smallest absolute Gasteiger partial charge is 0.123 e. The molecule has 0 aliphatic carbocycles. The van der Waals surface area contributed by atoms with Crippen LogP contribution in [0.25, 0.3) is 10.8 Å². The van der Waals surface area contributed by atoms with E-state index in [1.165, 1.54) is 16.3 Å². The van der Waals surface area contributed by atoms with Crippen LogP contribution in [0.5, 0.6) is 5.75 Å². The van der Waals surface area contributed by atoms with Crippen molar-refractivity contribution in [2.45, 2.75) is 25.8 Å². The van der Waals surface area contributed by atoms with Gasteiger partial charge in [-0.3, -0.25) is 0 Å². The van der Waals surface area contributed by atoms with Gasteiger partial charge in [-0.2, -0.15) is 0 Å². The zero-order valence-corrected chi connectivity index (χ0v) is 11.2. The van der Waals surface area contributed by atoms with E-state index in [-0.39, 0.29) is 6.04 Å². The Morgan fingerprint density at radius 1 is 1.26 bits per heavy atom. The summed E-state index contributed by atoms with van der Waals surface area (Å²) in [5.74, 6) is 3.48. The summed E-state index contributed by atoms with van der Waals surface area (Å²) in [5.41, 5.74) is 7.12. The van der Waals surface area contributed by atoms with Crippen LogP contribution in [0.3, 0.4) is 0 Å². The Morgan fingerprint density at radius 2 is 2.05 bits per heavy atom. The molecule has 2 nitrogen and oxygen atoms in total. The molecular weight excluding hydrogens is 234 g/mol. The molecule has 0 aliphatic heterocycles. The van der Waals surface area contributed by atoms with E-state index in [1.807, 2.05) is 25.1 Å². The summed E-state index contributed by atoms with van der Waals surface area (Å²) in [4.78, 5) is 0. The van der Waals surface area contributed by atoms with Gasteiger partial charge in [-0.25, -0.2) is 0 Å². The van der Waals surface area contributed by atoms with E-state index in [4.69, 9.17) is 16.9 Å². The lowest BCUT2D eigenvalue weighted by atomic mass is 9.98. The fraction of sp³-hybridized carbons (Fsp3) is 0.294. The lowest BCUT2D eigenvalue weighted by Crippen LogP contribution is -2.18. The quantitative estimate of drug-likeness (QED) is 0.656. The van der Waals surface area contributed by atoms with Gasteiger partial charge in [0.2, 0.25) is 0 Å². The van der Waals surface area contributed by atoms with Crippen LogP contribution in [0.2, 0.25) is 0 Å². The first kappa shape index (κ1) is 13.5. The van der Waals surface area contributed by atoms with E-state index >= 15 is 0 Å². The molecule has 2 N–H and O–H groups in total. The molecule has 0 heterocycles. The molecule has 1 atom stereocenters. The maximum absolute atomic E-state index is 5.95. The Labute approximate surface area is 114 Å². The van der Waals surface area contributed by atoms with E-state index in [9.17, 15) is 0 Å². The van der Waals surface area contributed by atoms with E-state index in [0.717, 1.165) is 12.2 Å². The highest BCUT2D eigenvalue weighted by molar-refractivity contribution is 5.87. The van der Waals surface area contributed by atoms with Gasteiger partial charge >= 0.3 is 0 Å². The highest BCUT2D eigenvalue weighted by Crippen LogP contribution is 2.29. The minimum Gasteiger partial charge on any atom is -0.492 e. The van der Waals surface area contributed by atoms with Crippen LogP contribution in [0.4, 0.5) is 0 Å². The van der Waals surface area contributed by atoms with Crippen molar-refractivity contribution in [3.8, 4) is 18.1 Å². The molecule has 0 fully saturated rings. The lowest BCUT2D eigenvalue weighted by Gasteiger charge is -2.15. The van der Waals surface area contributed by atoms with Crippen molar-refractivity contribution < 1.29 is 4.74 Å². The number of hydrogen-bond donors (Lipinski definition) is 1. The Balaban J connectivity index is 2.41. The molecule has 19 heavy (non-hydrogen) atoms. The fourth-order valence-corrected chi connectivity index (χ4v) is 2.20. The highest BCUT2D eigenvalue weighted by atomic mass is 16.5. The molecule has 2 rings (SSSR count). The maximum Gasteiger partial charge on any atom is 0.123 e. The number of benzene rings is 2. The van der Waals surface area contributed by atoms with Crippen molar-refractivity contribution in [3.05, 3.63) is 42.0 Å². The number of terminal acetylenes is 1. The van der Waals surface area contributed by atoms with Gasteiger partial charge in [0.05, 0.1) is 6.61 Å². The van der Waals surface area contributed by atoms with E-state index in [2.05, 4.69) is 24.1 Å². The summed E-state index contributed by atoms with van der Waals surface area (Å²) in [7, 11) is 0. The molecule has 0 bridgehead atoms. The zero-order valence-electron chi connectivity index (χ0n) is 11.2. The molecule has 1 unspecified atom stereocenters. The third-order valence-electron chi connectivity index (χ3n) is 3.03.